The summed E-state index contributed by atoms with van der Waals surface area (Å²) in [6, 6.07) is 5.10. The molecule has 0 unspecified atom stereocenters. The van der Waals surface area contributed by atoms with E-state index in [1.807, 2.05) is 0 Å². The number of ether oxygens (including phenoxy) is 1. The Labute approximate surface area is 192 Å². The molecular weight excluding hydrogens is 436 g/mol. The number of hydrogen-bond donors (Lipinski definition) is 2. The van der Waals surface area contributed by atoms with Crippen LogP contribution in [0.4, 0.5) is 13.2 Å². The minimum atomic E-state index is -4.74. The number of amides is 1. The molecule has 0 radical (unpaired) electrons. The number of nitrogens with one attached hydrogen (secondary N) is 1. The first-order valence-electron chi connectivity index (χ1n) is 11.5. The maximum absolute atomic E-state index is 12.5. The van der Waals surface area contributed by atoms with Gasteiger partial charge in [-0.3, -0.25) is 4.79 Å². The zero-order chi connectivity index (χ0) is 24.2. The third kappa shape index (κ3) is 4.75. The molecule has 10 heteroatoms. The van der Waals surface area contributed by atoms with Crippen LogP contribution in [-0.2, 0) is 20.5 Å². The van der Waals surface area contributed by atoms with Crippen molar-refractivity contribution in [1.82, 2.24) is 5.32 Å². The lowest BCUT2D eigenvalue weighted by Gasteiger charge is -2.64. The fourth-order valence-electron chi connectivity index (χ4n) is 5.89. The zero-order valence-corrected chi connectivity index (χ0v) is 19.4. The van der Waals surface area contributed by atoms with Crippen molar-refractivity contribution in [3.05, 3.63) is 29.8 Å². The van der Waals surface area contributed by atoms with Gasteiger partial charge in [0, 0.05) is 12.4 Å². The van der Waals surface area contributed by atoms with E-state index >= 15 is 0 Å². The fourth-order valence-corrected chi connectivity index (χ4v) is 5.89. The fraction of sp³-hybridized carbons (Fsp3) is 0.696. The molecule has 0 aromatic heterocycles. The van der Waals surface area contributed by atoms with Crippen molar-refractivity contribution in [3.63, 3.8) is 0 Å². The van der Waals surface area contributed by atoms with Gasteiger partial charge >= 0.3 is 13.5 Å². The summed E-state index contributed by atoms with van der Waals surface area (Å²) in [6.07, 6.45) is -2.22. The Morgan fingerprint density at radius 2 is 1.94 bits per heavy atom. The van der Waals surface area contributed by atoms with Crippen molar-refractivity contribution >= 4 is 13.0 Å². The first-order chi connectivity index (χ1) is 15.3. The van der Waals surface area contributed by atoms with Gasteiger partial charge < -0.3 is 25.1 Å². The minimum absolute atomic E-state index is 0.00605. The zero-order valence-electron chi connectivity index (χ0n) is 19.4. The van der Waals surface area contributed by atoms with Crippen LogP contribution >= 0.6 is 0 Å². The average Bonchev–Trinajstić information content (AvgIpc) is 3.07. The number of alkyl halides is 3. The summed E-state index contributed by atoms with van der Waals surface area (Å²) in [7, 11) is -0.533. The summed E-state index contributed by atoms with van der Waals surface area (Å²) < 4.78 is 54.3. The van der Waals surface area contributed by atoms with E-state index in [-0.39, 0.29) is 35.5 Å². The van der Waals surface area contributed by atoms with E-state index in [1.165, 1.54) is 12.1 Å². The first-order valence-corrected chi connectivity index (χ1v) is 11.5. The maximum atomic E-state index is 12.5. The van der Waals surface area contributed by atoms with Gasteiger partial charge in [-0.25, -0.2) is 0 Å². The second-order valence-corrected chi connectivity index (χ2v) is 10.5. The van der Waals surface area contributed by atoms with Crippen LogP contribution in [0, 0.1) is 17.3 Å². The number of hydrogen-bond acceptors (Lipinski definition) is 5. The van der Waals surface area contributed by atoms with E-state index in [4.69, 9.17) is 15.0 Å². The van der Waals surface area contributed by atoms with Crippen LogP contribution in [0.3, 0.4) is 0 Å². The second-order valence-electron chi connectivity index (χ2n) is 10.5. The monoisotopic (exact) mass is 468 g/mol. The lowest BCUT2D eigenvalue weighted by molar-refractivity contribution is -0.274. The maximum Gasteiger partial charge on any atom is 0.573 e. The van der Waals surface area contributed by atoms with Crippen molar-refractivity contribution in [2.75, 3.05) is 6.54 Å². The largest absolute Gasteiger partial charge is 0.573 e. The molecule has 4 aliphatic rings. The van der Waals surface area contributed by atoms with Gasteiger partial charge in [0.2, 0.25) is 5.91 Å². The highest BCUT2D eigenvalue weighted by Gasteiger charge is 2.68. The molecule has 0 spiro atoms. The van der Waals surface area contributed by atoms with Crippen LogP contribution < -0.4 is 15.8 Å². The molecular formula is C23H32BF3N2O4. The molecule has 1 heterocycles. The summed E-state index contributed by atoms with van der Waals surface area (Å²) in [4.78, 5) is 12.1. The first kappa shape index (κ1) is 24.4. The van der Waals surface area contributed by atoms with Crippen molar-refractivity contribution in [3.8, 4) is 5.75 Å². The highest BCUT2D eigenvalue weighted by Crippen LogP contribution is 2.66. The molecule has 1 aromatic carbocycles. The second kappa shape index (κ2) is 8.46. The predicted molar refractivity (Wildman–Crippen MR) is 117 cm³/mol. The summed E-state index contributed by atoms with van der Waals surface area (Å²) in [5.41, 5.74) is 6.29. The highest BCUT2D eigenvalue weighted by atomic mass is 19.4. The third-order valence-electron chi connectivity index (χ3n) is 7.96. The Bertz CT molecular complexity index is 879. The topological polar surface area (TPSA) is 82.8 Å². The van der Waals surface area contributed by atoms with Crippen molar-refractivity contribution in [2.24, 2.45) is 23.0 Å². The summed E-state index contributed by atoms with van der Waals surface area (Å²) in [5.74, 6) is 0.225. The van der Waals surface area contributed by atoms with Crippen molar-refractivity contribution in [2.45, 2.75) is 76.9 Å². The Balaban J connectivity index is 1.49. The van der Waals surface area contributed by atoms with Crippen LogP contribution in [0.25, 0.3) is 0 Å². The van der Waals surface area contributed by atoms with Crippen LogP contribution in [0.15, 0.2) is 24.3 Å². The van der Waals surface area contributed by atoms with E-state index in [0.29, 0.717) is 18.3 Å². The van der Waals surface area contributed by atoms with Crippen LogP contribution in [-0.4, -0.2) is 43.7 Å². The molecule has 3 aliphatic carbocycles. The summed E-state index contributed by atoms with van der Waals surface area (Å²) in [5, 5.41) is 2.86. The van der Waals surface area contributed by atoms with E-state index in [2.05, 4.69) is 30.8 Å². The van der Waals surface area contributed by atoms with Gasteiger partial charge in [0.05, 0.1) is 17.7 Å². The lowest BCUT2D eigenvalue weighted by Crippen LogP contribution is -2.65. The molecule has 6 atom stereocenters. The van der Waals surface area contributed by atoms with Crippen molar-refractivity contribution < 1.29 is 32.0 Å². The van der Waals surface area contributed by atoms with Crippen molar-refractivity contribution in [1.29, 1.82) is 0 Å². The molecule has 1 aromatic rings. The number of halogens is 3. The lowest BCUT2D eigenvalue weighted by atomic mass is 9.43. The van der Waals surface area contributed by atoms with Gasteiger partial charge in [0.15, 0.2) is 0 Å². The molecule has 2 bridgehead atoms. The number of nitrogens with two attached hydrogens (primary N) is 1. The summed E-state index contributed by atoms with van der Waals surface area (Å²) >= 11 is 0. The van der Waals surface area contributed by atoms with E-state index in [9.17, 15) is 18.0 Å². The van der Waals surface area contributed by atoms with Gasteiger partial charge in [-0.05, 0) is 68.1 Å². The van der Waals surface area contributed by atoms with Gasteiger partial charge in [-0.2, -0.15) is 0 Å². The van der Waals surface area contributed by atoms with Gasteiger partial charge in [-0.1, -0.05) is 26.0 Å². The predicted octanol–water partition coefficient (Wildman–Crippen LogP) is 3.69. The molecule has 5 rings (SSSR count). The number of rotatable bonds is 7. The van der Waals surface area contributed by atoms with Gasteiger partial charge in [-0.15, -0.1) is 13.2 Å². The molecule has 3 saturated carbocycles. The third-order valence-corrected chi connectivity index (χ3v) is 7.96. The van der Waals surface area contributed by atoms with Gasteiger partial charge in [0.25, 0.3) is 0 Å². The minimum Gasteiger partial charge on any atom is -0.406 e. The highest BCUT2D eigenvalue weighted by molar-refractivity contribution is 6.47. The molecule has 33 heavy (non-hydrogen) atoms. The smallest absolute Gasteiger partial charge is 0.406 e. The van der Waals surface area contributed by atoms with E-state index < -0.39 is 25.1 Å². The molecule has 182 valence electrons. The number of carbonyl (C=O) groups excluding carboxylic acids is 1. The SMILES string of the molecule is C[C@H](N)C(=O)NC[C@@H](Cc1ccc(OC(F)(F)F)cc1)B1O[C@H]2C[C@H]3C[C@H](C3(C)C)[C@@]2(C)O1. The van der Waals surface area contributed by atoms with Crippen LogP contribution in [0.5, 0.6) is 5.75 Å². The molecule has 1 saturated heterocycles. The molecule has 4 fully saturated rings. The normalized spacial score (nSPS) is 31.9. The molecule has 1 aliphatic heterocycles. The standard InChI is InChI=1S/C23H32BF3N2O4/c1-13(28)20(30)29-12-16(9-14-5-7-17(8-6-14)31-23(25,26)27)24-32-19-11-15-10-18(21(15,2)3)22(19,4)33-24/h5-8,13,15-16,18-19H,9-12,28H2,1-4H3,(H,29,30)/t13-,15+,16+,18+,19-,22+/m0/s1. The molecule has 6 nitrogen and oxygen atoms in total. The number of benzene rings is 1. The Morgan fingerprint density at radius 3 is 2.52 bits per heavy atom. The van der Waals surface area contributed by atoms with E-state index in [1.54, 1.807) is 19.1 Å². The Morgan fingerprint density at radius 1 is 1.27 bits per heavy atom. The Kier molecular flexibility index (Phi) is 6.25. The molecule has 1 amide bonds. The van der Waals surface area contributed by atoms with Crippen LogP contribution in [0.1, 0.15) is 46.1 Å². The number of carbonyl (C=O) groups is 1. The average molecular weight is 468 g/mol. The van der Waals surface area contributed by atoms with E-state index in [0.717, 1.165) is 18.4 Å². The molecule has 3 N–H and O–H groups in total. The van der Waals surface area contributed by atoms with Crippen LogP contribution in [0.2, 0.25) is 5.82 Å². The van der Waals surface area contributed by atoms with Gasteiger partial charge in [0.1, 0.15) is 5.75 Å². The quantitative estimate of drug-likeness (QED) is 0.597. The summed E-state index contributed by atoms with van der Waals surface area (Å²) in [6.45, 7) is 8.59. The Hall–Kier alpha value is -1.78.